The van der Waals surface area contributed by atoms with E-state index in [1.807, 2.05) is 13.8 Å². The van der Waals surface area contributed by atoms with Crippen LogP contribution in [0.5, 0.6) is 0 Å². The third-order valence-corrected chi connectivity index (χ3v) is 3.06. The summed E-state index contributed by atoms with van der Waals surface area (Å²) < 4.78 is 0. The minimum atomic E-state index is -1.55. The zero-order chi connectivity index (χ0) is 10.2. The molecule has 0 saturated heterocycles. The van der Waals surface area contributed by atoms with E-state index in [9.17, 15) is 9.90 Å². The van der Waals surface area contributed by atoms with Crippen molar-refractivity contribution >= 4 is 5.97 Å². The Bertz CT molecular complexity index is 267. The van der Waals surface area contributed by atoms with Crippen LogP contribution in [-0.2, 0) is 4.79 Å². The predicted octanol–water partition coefficient (Wildman–Crippen LogP) is 1.57. The second-order valence-electron chi connectivity index (χ2n) is 4.07. The summed E-state index contributed by atoms with van der Waals surface area (Å²) in [4.78, 5) is 10.9. The Morgan fingerprint density at radius 3 is 2.46 bits per heavy atom. The molecule has 0 aliphatic heterocycles. The van der Waals surface area contributed by atoms with Crippen molar-refractivity contribution in [1.29, 1.82) is 0 Å². The molecule has 0 aromatic heterocycles. The van der Waals surface area contributed by atoms with E-state index in [0.717, 1.165) is 5.57 Å². The van der Waals surface area contributed by atoms with Gasteiger partial charge in [0.2, 0.25) is 0 Å². The van der Waals surface area contributed by atoms with Crippen LogP contribution in [0.2, 0.25) is 0 Å². The molecule has 0 radical (unpaired) electrons. The number of carboxylic acid groups (broad SMARTS) is 1. The van der Waals surface area contributed by atoms with E-state index >= 15 is 0 Å². The summed E-state index contributed by atoms with van der Waals surface area (Å²) in [5.74, 6) is -1.31. The van der Waals surface area contributed by atoms with Gasteiger partial charge >= 0.3 is 5.97 Å². The van der Waals surface area contributed by atoms with Crippen molar-refractivity contribution < 1.29 is 15.0 Å². The molecule has 1 aliphatic rings. The maximum atomic E-state index is 10.9. The zero-order valence-corrected chi connectivity index (χ0v) is 8.29. The van der Waals surface area contributed by atoms with E-state index in [-0.39, 0.29) is 12.3 Å². The first-order valence-electron chi connectivity index (χ1n) is 4.49. The predicted molar refractivity (Wildman–Crippen MR) is 49.4 cm³/mol. The van der Waals surface area contributed by atoms with Crippen LogP contribution in [-0.4, -0.2) is 21.8 Å². The summed E-state index contributed by atoms with van der Waals surface area (Å²) in [6.45, 7) is 5.66. The molecule has 13 heavy (non-hydrogen) atoms. The van der Waals surface area contributed by atoms with Crippen LogP contribution in [0.15, 0.2) is 11.1 Å². The van der Waals surface area contributed by atoms with Crippen LogP contribution < -0.4 is 0 Å². The van der Waals surface area contributed by atoms with E-state index in [1.165, 1.54) is 5.57 Å². The van der Waals surface area contributed by atoms with Crippen molar-refractivity contribution in [2.24, 2.45) is 5.92 Å². The first-order chi connectivity index (χ1) is 5.88. The molecule has 0 fully saturated rings. The maximum absolute atomic E-state index is 10.9. The molecule has 0 saturated carbocycles. The Morgan fingerprint density at radius 2 is 2.00 bits per heavy atom. The zero-order valence-electron chi connectivity index (χ0n) is 8.29. The van der Waals surface area contributed by atoms with Crippen molar-refractivity contribution in [2.75, 3.05) is 0 Å². The second-order valence-corrected chi connectivity index (χ2v) is 4.07. The fourth-order valence-electron chi connectivity index (χ4n) is 1.82. The standard InChI is InChI=1S/C10H16O3/c1-6-4-8(3)10(13,9(11)12)5-7(6)2/h8,13H,4-5H2,1-3H3,(H,11,12)/t8-,10+/m0/s1. The van der Waals surface area contributed by atoms with E-state index in [2.05, 4.69) is 0 Å². The lowest BCUT2D eigenvalue weighted by Gasteiger charge is -2.35. The summed E-state index contributed by atoms with van der Waals surface area (Å²) >= 11 is 0. The number of rotatable bonds is 1. The summed E-state index contributed by atoms with van der Waals surface area (Å²) in [6, 6.07) is 0. The topological polar surface area (TPSA) is 57.5 Å². The molecule has 0 aromatic rings. The van der Waals surface area contributed by atoms with Crippen molar-refractivity contribution in [2.45, 2.75) is 39.2 Å². The number of hydrogen-bond donors (Lipinski definition) is 2. The SMILES string of the molecule is CC1=C(C)C[C@](O)(C(=O)O)[C@@H](C)C1. The molecule has 1 rings (SSSR count). The van der Waals surface area contributed by atoms with Crippen LogP contribution >= 0.6 is 0 Å². The molecule has 3 nitrogen and oxygen atoms in total. The van der Waals surface area contributed by atoms with Crippen LogP contribution in [0.3, 0.4) is 0 Å². The maximum Gasteiger partial charge on any atom is 0.336 e. The molecule has 0 aromatic carbocycles. The second kappa shape index (κ2) is 3.14. The highest BCUT2D eigenvalue weighted by molar-refractivity contribution is 5.78. The van der Waals surface area contributed by atoms with Gasteiger partial charge in [0, 0.05) is 6.42 Å². The molecule has 0 spiro atoms. The molecule has 0 amide bonds. The van der Waals surface area contributed by atoms with Gasteiger partial charge in [0.05, 0.1) is 0 Å². The van der Waals surface area contributed by atoms with E-state index in [0.29, 0.717) is 6.42 Å². The lowest BCUT2D eigenvalue weighted by Crippen LogP contribution is -2.47. The number of aliphatic carboxylic acids is 1. The van der Waals surface area contributed by atoms with Crippen LogP contribution in [0.4, 0.5) is 0 Å². The minimum absolute atomic E-state index is 0.200. The van der Waals surface area contributed by atoms with E-state index < -0.39 is 11.6 Å². The fourth-order valence-corrected chi connectivity index (χ4v) is 1.82. The molecule has 0 unspecified atom stereocenters. The molecule has 0 bridgehead atoms. The van der Waals surface area contributed by atoms with Gasteiger partial charge in [-0.3, -0.25) is 0 Å². The number of carbonyl (C=O) groups is 1. The molecule has 1 aliphatic carbocycles. The quantitative estimate of drug-likeness (QED) is 0.608. The molecule has 2 N–H and O–H groups in total. The normalized spacial score (nSPS) is 34.9. The van der Waals surface area contributed by atoms with E-state index in [1.54, 1.807) is 6.92 Å². The monoisotopic (exact) mass is 184 g/mol. The molecular weight excluding hydrogens is 168 g/mol. The van der Waals surface area contributed by atoms with Crippen LogP contribution in [0.25, 0.3) is 0 Å². The Kier molecular flexibility index (Phi) is 2.48. The van der Waals surface area contributed by atoms with Gasteiger partial charge < -0.3 is 10.2 Å². The minimum Gasteiger partial charge on any atom is -0.479 e. The largest absolute Gasteiger partial charge is 0.479 e. The Balaban J connectivity index is 2.99. The third-order valence-electron chi connectivity index (χ3n) is 3.06. The van der Waals surface area contributed by atoms with Crippen molar-refractivity contribution in [3.05, 3.63) is 11.1 Å². The average molecular weight is 184 g/mol. The number of hydrogen-bond acceptors (Lipinski definition) is 2. The van der Waals surface area contributed by atoms with Gasteiger partial charge in [-0.05, 0) is 26.2 Å². The number of allylic oxidation sites excluding steroid dienone is 1. The first-order valence-corrected chi connectivity index (χ1v) is 4.49. The molecule has 3 heteroatoms. The van der Waals surface area contributed by atoms with Gasteiger partial charge in [0.25, 0.3) is 0 Å². The van der Waals surface area contributed by atoms with Gasteiger partial charge in [0.1, 0.15) is 0 Å². The summed E-state index contributed by atoms with van der Waals surface area (Å²) in [7, 11) is 0. The van der Waals surface area contributed by atoms with Crippen molar-refractivity contribution in [3.63, 3.8) is 0 Å². The van der Waals surface area contributed by atoms with Gasteiger partial charge in [-0.15, -0.1) is 0 Å². The number of aliphatic hydroxyl groups is 1. The molecular formula is C10H16O3. The lowest BCUT2D eigenvalue weighted by atomic mass is 9.74. The smallest absolute Gasteiger partial charge is 0.336 e. The highest BCUT2D eigenvalue weighted by Gasteiger charge is 2.44. The fraction of sp³-hybridized carbons (Fsp3) is 0.700. The van der Waals surface area contributed by atoms with Gasteiger partial charge in [-0.25, -0.2) is 4.79 Å². The third kappa shape index (κ3) is 1.61. The molecule has 0 heterocycles. The number of carboxylic acids is 1. The summed E-state index contributed by atoms with van der Waals surface area (Å²) in [5.41, 5.74) is 0.658. The van der Waals surface area contributed by atoms with E-state index in [4.69, 9.17) is 5.11 Å². The Morgan fingerprint density at radius 1 is 1.46 bits per heavy atom. The molecule has 2 atom stereocenters. The average Bonchev–Trinajstić information content (AvgIpc) is 2.01. The Labute approximate surface area is 78.1 Å². The molecule has 74 valence electrons. The highest BCUT2D eigenvalue weighted by Crippen LogP contribution is 2.36. The summed E-state index contributed by atoms with van der Waals surface area (Å²) in [5, 5.41) is 18.8. The lowest BCUT2D eigenvalue weighted by molar-refractivity contribution is -0.164. The van der Waals surface area contributed by atoms with Crippen LogP contribution in [0, 0.1) is 5.92 Å². The van der Waals surface area contributed by atoms with Gasteiger partial charge in [-0.1, -0.05) is 18.1 Å². The Hall–Kier alpha value is -0.830. The highest BCUT2D eigenvalue weighted by atomic mass is 16.4. The van der Waals surface area contributed by atoms with Gasteiger partial charge in [-0.2, -0.15) is 0 Å². The van der Waals surface area contributed by atoms with Crippen LogP contribution in [0.1, 0.15) is 33.6 Å². The van der Waals surface area contributed by atoms with Gasteiger partial charge in [0.15, 0.2) is 5.60 Å². The van der Waals surface area contributed by atoms with Crippen molar-refractivity contribution in [1.82, 2.24) is 0 Å². The first kappa shape index (κ1) is 10.3. The van der Waals surface area contributed by atoms with Crippen molar-refractivity contribution in [3.8, 4) is 0 Å². The summed E-state index contributed by atoms with van der Waals surface area (Å²) in [6.07, 6.45) is 0.934.